The Labute approximate surface area is 481 Å². The number of furan rings is 3. The van der Waals surface area contributed by atoms with E-state index in [-0.39, 0.29) is 0 Å². The molecule has 2 fully saturated rings. The van der Waals surface area contributed by atoms with Gasteiger partial charge < -0.3 is 23.1 Å². The van der Waals surface area contributed by atoms with Gasteiger partial charge in [0.1, 0.15) is 22.3 Å². The lowest BCUT2D eigenvalue weighted by atomic mass is 9.94. The number of rotatable bonds is 10. The van der Waals surface area contributed by atoms with Gasteiger partial charge in [-0.3, -0.25) is 0 Å². The van der Waals surface area contributed by atoms with Crippen LogP contribution in [0.4, 0.5) is 34.1 Å². The van der Waals surface area contributed by atoms with Crippen LogP contribution in [0.5, 0.6) is 0 Å². The Morgan fingerprint density at radius 1 is 0.265 bits per heavy atom. The lowest BCUT2D eigenvalue weighted by Gasteiger charge is -2.27. The molecule has 0 saturated heterocycles. The Morgan fingerprint density at radius 2 is 0.663 bits per heavy atom. The van der Waals surface area contributed by atoms with Gasteiger partial charge in [0, 0.05) is 66.6 Å². The largest absolute Gasteiger partial charge is 0.456 e. The second-order valence-electron chi connectivity index (χ2n) is 23.2. The second kappa shape index (κ2) is 19.4. The molecule has 0 amide bonds. The second-order valence-corrected chi connectivity index (χ2v) is 23.2. The highest BCUT2D eigenvalue weighted by Gasteiger charge is 2.30. The van der Waals surface area contributed by atoms with Gasteiger partial charge in [-0.1, -0.05) is 214 Å². The van der Waals surface area contributed by atoms with Crippen molar-refractivity contribution in [3.63, 3.8) is 0 Å². The summed E-state index contributed by atoms with van der Waals surface area (Å²) in [5, 5.41) is 11.1. The topological polar surface area (TPSA) is 45.9 Å². The van der Waals surface area contributed by atoms with Crippen LogP contribution in [0.1, 0.15) is 74.3 Å². The average molecular weight is 1070 g/mol. The van der Waals surface area contributed by atoms with Crippen molar-refractivity contribution in [2.45, 2.75) is 63.2 Å². The fraction of sp³-hybridized carbons (Fsp3) is 0.128. The Kier molecular flexibility index (Phi) is 11.2. The molecule has 12 aromatic carbocycles. The zero-order valence-corrected chi connectivity index (χ0v) is 46.0. The van der Waals surface area contributed by atoms with Crippen LogP contribution in [0.25, 0.3) is 110 Å². The highest BCUT2D eigenvalue weighted by atomic mass is 16.3. The molecule has 0 bridgehead atoms. The number of fused-ring (bicyclic) bond motifs is 13. The summed E-state index contributed by atoms with van der Waals surface area (Å²) in [7, 11) is 0. The van der Waals surface area contributed by atoms with E-state index in [0.29, 0.717) is 11.8 Å². The molecule has 17 rings (SSSR count). The number of para-hydroxylation sites is 5. The molecule has 0 radical (unpaired) electrons. The molecule has 2 aliphatic rings. The predicted octanol–water partition coefficient (Wildman–Crippen LogP) is 23.3. The maximum absolute atomic E-state index is 7.50. The maximum Gasteiger partial charge on any atom is 0.159 e. The summed E-state index contributed by atoms with van der Waals surface area (Å²) in [6.07, 6.45) is 9.81. The van der Waals surface area contributed by atoms with Crippen LogP contribution in [0.15, 0.2) is 256 Å². The molecule has 0 spiro atoms. The molecule has 0 N–H and O–H groups in total. The number of benzene rings is 12. The first-order valence-electron chi connectivity index (χ1n) is 29.8. The van der Waals surface area contributed by atoms with Gasteiger partial charge in [0.25, 0.3) is 0 Å². The average Bonchev–Trinajstić information content (AvgIpc) is 2.11. The van der Waals surface area contributed by atoms with Gasteiger partial charge >= 0.3 is 0 Å². The van der Waals surface area contributed by atoms with E-state index in [1.807, 2.05) is 0 Å². The first kappa shape index (κ1) is 47.9. The zero-order chi connectivity index (χ0) is 54.5. The maximum atomic E-state index is 7.50. The molecule has 2 aliphatic carbocycles. The molecule has 398 valence electrons. The molecule has 3 aromatic heterocycles. The molecule has 0 unspecified atom stereocenters. The molecular weight excluding hydrogens is 1010 g/mol. The quantitative estimate of drug-likeness (QED) is 0.137. The van der Waals surface area contributed by atoms with E-state index < -0.39 is 0 Å². The Hall–Kier alpha value is -9.84. The van der Waals surface area contributed by atoms with Crippen molar-refractivity contribution in [3.05, 3.63) is 254 Å². The van der Waals surface area contributed by atoms with E-state index >= 15 is 0 Å². The molecular formula is C78H58N2O3. The van der Waals surface area contributed by atoms with Crippen molar-refractivity contribution in [2.75, 3.05) is 9.80 Å². The van der Waals surface area contributed by atoms with Gasteiger partial charge in [-0.25, -0.2) is 0 Å². The minimum Gasteiger partial charge on any atom is -0.456 e. The number of anilines is 6. The van der Waals surface area contributed by atoms with Gasteiger partial charge in [-0.2, -0.15) is 0 Å². The third kappa shape index (κ3) is 7.74. The lowest BCUT2D eigenvalue weighted by Crippen LogP contribution is -2.11. The van der Waals surface area contributed by atoms with E-state index in [4.69, 9.17) is 13.3 Å². The lowest BCUT2D eigenvalue weighted by molar-refractivity contribution is 0.643. The summed E-state index contributed by atoms with van der Waals surface area (Å²) >= 11 is 0. The highest BCUT2D eigenvalue weighted by Crippen LogP contribution is 2.53. The van der Waals surface area contributed by atoms with Crippen LogP contribution in [0.2, 0.25) is 0 Å². The molecule has 15 aromatic rings. The summed E-state index contributed by atoms with van der Waals surface area (Å²) < 4.78 is 22.1. The van der Waals surface area contributed by atoms with Gasteiger partial charge in [0.15, 0.2) is 11.2 Å². The smallest absolute Gasteiger partial charge is 0.159 e. The van der Waals surface area contributed by atoms with Crippen LogP contribution in [0, 0.1) is 0 Å². The fourth-order valence-corrected chi connectivity index (χ4v) is 14.6. The van der Waals surface area contributed by atoms with Crippen LogP contribution < -0.4 is 9.80 Å². The van der Waals surface area contributed by atoms with E-state index in [0.717, 1.165) is 138 Å². The van der Waals surface area contributed by atoms with E-state index in [1.165, 1.54) is 68.1 Å². The van der Waals surface area contributed by atoms with E-state index in [2.05, 4.69) is 252 Å². The minimum atomic E-state index is 0.499. The summed E-state index contributed by atoms with van der Waals surface area (Å²) in [6, 6.07) is 88.4. The van der Waals surface area contributed by atoms with Crippen molar-refractivity contribution < 1.29 is 13.3 Å². The predicted molar refractivity (Wildman–Crippen MR) is 346 cm³/mol. The van der Waals surface area contributed by atoms with Gasteiger partial charge in [-0.15, -0.1) is 0 Å². The first-order valence-corrected chi connectivity index (χ1v) is 29.8. The van der Waals surface area contributed by atoms with E-state index in [1.54, 1.807) is 0 Å². The van der Waals surface area contributed by atoms with Crippen molar-refractivity contribution >= 4 is 121 Å². The SMILES string of the molecule is c1ccc(-c2ccc(N(c3cc4oc5cc(N(c6ccccc6)c6cccc7c6oc6c(C8CCCC8)cccc67)c6cc(-c7ccccc7)ccc6c5c4c4ccccc34)c3cccc4c3oc3c(C5CCCC5)cccc34)cc2)cc1. The summed E-state index contributed by atoms with van der Waals surface area (Å²) in [5.41, 5.74) is 18.6. The number of hydrogen-bond acceptors (Lipinski definition) is 5. The Balaban J connectivity index is 0.931. The van der Waals surface area contributed by atoms with Crippen molar-refractivity contribution in [1.29, 1.82) is 0 Å². The van der Waals surface area contributed by atoms with Crippen LogP contribution >= 0.6 is 0 Å². The molecule has 0 atom stereocenters. The monoisotopic (exact) mass is 1070 g/mol. The molecule has 5 nitrogen and oxygen atoms in total. The van der Waals surface area contributed by atoms with Gasteiger partial charge in [0.05, 0.1) is 22.7 Å². The molecule has 83 heavy (non-hydrogen) atoms. The molecule has 2 saturated carbocycles. The van der Waals surface area contributed by atoms with Crippen LogP contribution in [-0.2, 0) is 0 Å². The third-order valence-electron chi connectivity index (χ3n) is 18.5. The van der Waals surface area contributed by atoms with Crippen LogP contribution in [0.3, 0.4) is 0 Å². The first-order chi connectivity index (χ1) is 41.2. The van der Waals surface area contributed by atoms with Gasteiger partial charge in [0.2, 0.25) is 0 Å². The van der Waals surface area contributed by atoms with Crippen molar-refractivity contribution in [2.24, 2.45) is 0 Å². The van der Waals surface area contributed by atoms with Crippen molar-refractivity contribution in [3.8, 4) is 22.3 Å². The molecule has 5 heteroatoms. The van der Waals surface area contributed by atoms with Crippen LogP contribution in [-0.4, -0.2) is 0 Å². The number of hydrogen-bond donors (Lipinski definition) is 0. The molecule has 3 heterocycles. The summed E-state index contributed by atoms with van der Waals surface area (Å²) in [6.45, 7) is 0. The Morgan fingerprint density at radius 3 is 1.20 bits per heavy atom. The highest BCUT2D eigenvalue weighted by molar-refractivity contribution is 6.31. The summed E-state index contributed by atoms with van der Waals surface area (Å²) in [5.74, 6) is 1.000. The summed E-state index contributed by atoms with van der Waals surface area (Å²) in [4.78, 5) is 4.81. The van der Waals surface area contributed by atoms with Crippen molar-refractivity contribution in [1.82, 2.24) is 0 Å². The zero-order valence-electron chi connectivity index (χ0n) is 46.0. The normalized spacial score (nSPS) is 14.3. The van der Waals surface area contributed by atoms with E-state index in [9.17, 15) is 0 Å². The molecule has 0 aliphatic heterocycles. The van der Waals surface area contributed by atoms with Gasteiger partial charge in [-0.05, 0) is 124 Å². The number of nitrogens with zero attached hydrogens (tertiary/aromatic N) is 2. The Bertz CT molecular complexity index is 4980. The minimum absolute atomic E-state index is 0.499. The fourth-order valence-electron chi connectivity index (χ4n) is 14.6. The standard InChI is InChI=1S/C78H58N2O3/c1-4-20-49(21-5-1)51-40-43-56(44-41-51)80(68-39-19-37-65-63-35-17-33-58(53-26-12-13-27-53)76(63)83-78(65)68)69-47-71-73(60-31-15-14-30-59(60)69)74-61-45-42-54(50-22-6-2-7-23-50)46-66(61)70(48-72(74)81-71)79(55-28-8-3-9-29-55)67-38-18-36-64-62-34-16-32-57(52-24-10-11-25-52)75(62)82-77(64)67/h1-9,14-23,28-48,52-53H,10-13,24-27H2. The third-order valence-corrected chi connectivity index (χ3v) is 18.5.